The van der Waals surface area contributed by atoms with E-state index in [-0.39, 0.29) is 28.3 Å². The molecule has 0 unspecified atom stereocenters. The van der Waals surface area contributed by atoms with Crippen molar-refractivity contribution in [1.29, 1.82) is 0 Å². The lowest BCUT2D eigenvalue weighted by atomic mass is 9.92. The molecule has 36 heavy (non-hydrogen) atoms. The monoisotopic (exact) mass is 541 g/mol. The minimum atomic E-state index is -2.04. The smallest absolute Gasteiger partial charge is 0.356 e. The molecular formula is C28H35NO4S2Si. The summed E-state index contributed by atoms with van der Waals surface area (Å²) in [5.74, 6) is -0.833. The van der Waals surface area contributed by atoms with Crippen LogP contribution in [0.4, 0.5) is 0 Å². The van der Waals surface area contributed by atoms with Crippen LogP contribution >= 0.6 is 21.6 Å². The second kappa shape index (κ2) is 10.4. The number of ether oxygens (including phenoxy) is 1. The van der Waals surface area contributed by atoms with Crippen molar-refractivity contribution in [2.45, 2.75) is 70.3 Å². The number of benzene rings is 2. The van der Waals surface area contributed by atoms with Crippen molar-refractivity contribution in [1.82, 2.24) is 4.90 Å². The number of fused-ring (bicyclic) bond motifs is 1. The Morgan fingerprint density at radius 3 is 2.03 bits per heavy atom. The highest BCUT2D eigenvalue weighted by atomic mass is 33.1. The van der Waals surface area contributed by atoms with Crippen molar-refractivity contribution in [2.75, 3.05) is 0 Å². The Balaban J connectivity index is 1.56. The summed E-state index contributed by atoms with van der Waals surface area (Å²) < 4.78 is 12.7. The zero-order valence-electron chi connectivity index (χ0n) is 22.0. The molecule has 3 atom stereocenters. The maximum atomic E-state index is 13.6. The molecule has 0 aromatic heterocycles. The van der Waals surface area contributed by atoms with Crippen LogP contribution in [0.25, 0.3) is 0 Å². The molecule has 1 amide bonds. The molecule has 0 radical (unpaired) electrons. The number of β-lactam (4-membered cyclic amide) rings is 1. The minimum absolute atomic E-state index is 0.0531. The van der Waals surface area contributed by atoms with E-state index in [1.54, 1.807) is 26.5 Å². The standard InChI is InChI=1S/C28H35NO4S2Si/c1-18(33-36(6,7)28(3,4)5)22-25(30)29-23(19(2)34-35-26(22)29)27(31)32-24(20-14-10-8-11-15-20)21-16-12-9-13-17-21/h8-18,22,24,26H,1-7H3/t18-,22+,26-/m1/s1. The van der Waals surface area contributed by atoms with E-state index in [1.165, 1.54) is 0 Å². The fourth-order valence-electron chi connectivity index (χ4n) is 4.29. The molecule has 192 valence electrons. The third kappa shape index (κ3) is 5.19. The molecule has 2 aromatic rings. The first kappa shape index (κ1) is 27.0. The summed E-state index contributed by atoms with van der Waals surface area (Å²) in [5.41, 5.74) is 2.11. The number of esters is 1. The summed E-state index contributed by atoms with van der Waals surface area (Å²) in [6.45, 7) is 14.9. The van der Waals surface area contributed by atoms with E-state index in [2.05, 4.69) is 33.9 Å². The molecule has 2 aromatic carbocycles. The van der Waals surface area contributed by atoms with Crippen LogP contribution in [0, 0.1) is 5.92 Å². The predicted molar refractivity (Wildman–Crippen MR) is 151 cm³/mol. The molecule has 2 aliphatic heterocycles. The van der Waals surface area contributed by atoms with Crippen molar-refractivity contribution < 1.29 is 18.8 Å². The van der Waals surface area contributed by atoms with Crippen LogP contribution in [0.1, 0.15) is 51.8 Å². The summed E-state index contributed by atoms with van der Waals surface area (Å²) in [4.78, 5) is 29.5. The van der Waals surface area contributed by atoms with Gasteiger partial charge < -0.3 is 9.16 Å². The van der Waals surface area contributed by atoms with Gasteiger partial charge in [-0.05, 0) is 43.1 Å². The molecule has 1 fully saturated rings. The van der Waals surface area contributed by atoms with Gasteiger partial charge in [-0.15, -0.1) is 0 Å². The van der Waals surface area contributed by atoms with Gasteiger partial charge in [-0.3, -0.25) is 9.69 Å². The zero-order valence-corrected chi connectivity index (χ0v) is 24.6. The first-order chi connectivity index (χ1) is 16.9. The summed E-state index contributed by atoms with van der Waals surface area (Å²) in [6, 6.07) is 19.4. The van der Waals surface area contributed by atoms with Crippen molar-refractivity contribution >= 4 is 41.8 Å². The van der Waals surface area contributed by atoms with Crippen molar-refractivity contribution in [3.63, 3.8) is 0 Å². The Morgan fingerprint density at radius 1 is 1.00 bits per heavy atom. The second-order valence-electron chi connectivity index (χ2n) is 10.9. The van der Waals surface area contributed by atoms with Crippen molar-refractivity contribution in [3.8, 4) is 0 Å². The van der Waals surface area contributed by atoms with Crippen molar-refractivity contribution in [2.24, 2.45) is 5.92 Å². The van der Waals surface area contributed by atoms with E-state index in [0.717, 1.165) is 16.0 Å². The fourth-order valence-corrected chi connectivity index (χ4v) is 8.56. The van der Waals surface area contributed by atoms with E-state index >= 15 is 0 Å². The molecule has 1 saturated heterocycles. The number of carbonyl (C=O) groups excluding carboxylic acids is 2. The van der Waals surface area contributed by atoms with Crippen LogP contribution in [-0.4, -0.2) is 36.6 Å². The van der Waals surface area contributed by atoms with E-state index < -0.39 is 20.4 Å². The molecular weight excluding hydrogens is 507 g/mol. The largest absolute Gasteiger partial charge is 0.448 e. The van der Waals surface area contributed by atoms with Crippen LogP contribution in [0.2, 0.25) is 18.1 Å². The van der Waals surface area contributed by atoms with Gasteiger partial charge in [0.05, 0.1) is 12.0 Å². The lowest BCUT2D eigenvalue weighted by molar-refractivity contribution is -0.159. The molecule has 4 rings (SSSR count). The normalized spacial score (nSPS) is 21.2. The Bertz CT molecular complexity index is 1110. The molecule has 0 N–H and O–H groups in total. The van der Waals surface area contributed by atoms with Crippen molar-refractivity contribution in [3.05, 3.63) is 82.4 Å². The average molecular weight is 542 g/mol. The first-order valence-corrected chi connectivity index (χ1v) is 17.4. The lowest BCUT2D eigenvalue weighted by Crippen LogP contribution is -2.65. The van der Waals surface area contributed by atoms with Crippen LogP contribution in [0.3, 0.4) is 0 Å². The van der Waals surface area contributed by atoms with Gasteiger partial charge in [-0.25, -0.2) is 4.79 Å². The highest BCUT2D eigenvalue weighted by molar-refractivity contribution is 8.78. The van der Waals surface area contributed by atoms with E-state index in [1.807, 2.05) is 74.5 Å². The van der Waals surface area contributed by atoms with Crippen LogP contribution in [0.15, 0.2) is 71.3 Å². The van der Waals surface area contributed by atoms with Gasteiger partial charge in [0.25, 0.3) is 0 Å². The molecule has 2 aliphatic rings. The summed E-state index contributed by atoms with van der Waals surface area (Å²) >= 11 is 0. The lowest BCUT2D eigenvalue weighted by Gasteiger charge is -2.52. The number of amides is 1. The van der Waals surface area contributed by atoms with Crippen LogP contribution in [0.5, 0.6) is 0 Å². The van der Waals surface area contributed by atoms with Gasteiger partial charge >= 0.3 is 5.97 Å². The van der Waals surface area contributed by atoms with Gasteiger partial charge in [0.1, 0.15) is 11.1 Å². The van der Waals surface area contributed by atoms with Crippen LogP contribution in [-0.2, 0) is 18.8 Å². The van der Waals surface area contributed by atoms with E-state index in [4.69, 9.17) is 9.16 Å². The average Bonchev–Trinajstić information content (AvgIpc) is 2.82. The summed E-state index contributed by atoms with van der Waals surface area (Å²) in [6.07, 6.45) is -0.781. The van der Waals surface area contributed by atoms with Gasteiger partial charge in [-0.2, -0.15) is 0 Å². The van der Waals surface area contributed by atoms with Gasteiger partial charge in [0, 0.05) is 4.91 Å². The molecule has 8 heteroatoms. The number of nitrogens with zero attached hydrogens (tertiary/aromatic N) is 1. The van der Waals surface area contributed by atoms with E-state index in [0.29, 0.717) is 5.70 Å². The third-order valence-corrected chi connectivity index (χ3v) is 14.8. The quantitative estimate of drug-likeness (QED) is 0.161. The predicted octanol–water partition coefficient (Wildman–Crippen LogP) is 7.14. The number of hydrogen-bond donors (Lipinski definition) is 0. The number of hydrogen-bond acceptors (Lipinski definition) is 6. The molecule has 5 nitrogen and oxygen atoms in total. The Morgan fingerprint density at radius 2 is 1.53 bits per heavy atom. The maximum absolute atomic E-state index is 13.6. The molecule has 2 heterocycles. The number of carbonyl (C=O) groups is 2. The topological polar surface area (TPSA) is 55.8 Å². The fraction of sp³-hybridized carbons (Fsp3) is 0.429. The molecule has 0 aliphatic carbocycles. The van der Waals surface area contributed by atoms with Crippen LogP contribution < -0.4 is 0 Å². The first-order valence-electron chi connectivity index (χ1n) is 12.3. The highest BCUT2D eigenvalue weighted by Crippen LogP contribution is 2.54. The summed E-state index contributed by atoms with van der Waals surface area (Å²) in [7, 11) is 1.12. The number of allylic oxidation sites excluding steroid dienone is 1. The SMILES string of the molecule is CC1=C(C(=O)OC(c2ccccc2)c2ccccc2)N2C(=O)[C@H]([C@@H](C)O[Si](C)(C)C(C)(C)C)[C@H]2SS1. The summed E-state index contributed by atoms with van der Waals surface area (Å²) in [5, 5.41) is -0.0993. The zero-order chi connectivity index (χ0) is 26.3. The van der Waals surface area contributed by atoms with Gasteiger partial charge in [-0.1, -0.05) is 103 Å². The minimum Gasteiger partial charge on any atom is -0.448 e. The number of rotatable bonds is 7. The maximum Gasteiger partial charge on any atom is 0.356 e. The molecule has 0 saturated carbocycles. The Labute approximate surface area is 223 Å². The van der Waals surface area contributed by atoms with Gasteiger partial charge in [0.15, 0.2) is 14.4 Å². The van der Waals surface area contributed by atoms with Gasteiger partial charge in [0.2, 0.25) is 5.91 Å². The Hall–Kier alpha value is -2.00. The van der Waals surface area contributed by atoms with E-state index in [9.17, 15) is 9.59 Å². The molecule has 0 spiro atoms. The molecule has 0 bridgehead atoms. The second-order valence-corrected chi connectivity index (χ2v) is 18.2. The highest BCUT2D eigenvalue weighted by Gasteiger charge is 2.57. The Kier molecular flexibility index (Phi) is 7.81. The third-order valence-electron chi connectivity index (χ3n) is 7.35.